The van der Waals surface area contributed by atoms with Crippen LogP contribution in [0.2, 0.25) is 0 Å². The average molecular weight is 223 g/mol. The number of hydrogen-bond acceptors (Lipinski definition) is 4. The minimum Gasteiger partial charge on any atom is -0.481 e. The van der Waals surface area contributed by atoms with Crippen LogP contribution in [0.25, 0.3) is 0 Å². The zero-order valence-electron chi connectivity index (χ0n) is 8.72. The fourth-order valence-electron chi connectivity index (χ4n) is 1.47. The molecule has 1 heterocycles. The summed E-state index contributed by atoms with van der Waals surface area (Å²) >= 11 is 0. The van der Waals surface area contributed by atoms with Crippen LogP contribution in [0.15, 0.2) is 17.2 Å². The monoisotopic (exact) mass is 223 g/mol. The highest BCUT2D eigenvalue weighted by molar-refractivity contribution is 5.67. The van der Waals surface area contributed by atoms with E-state index >= 15 is 0 Å². The van der Waals surface area contributed by atoms with Crippen LogP contribution in [0.5, 0.6) is 0 Å². The van der Waals surface area contributed by atoms with E-state index in [1.165, 1.54) is 0 Å². The Hall–Kier alpha value is -1.85. The Morgan fingerprint density at radius 1 is 1.62 bits per heavy atom. The molecule has 0 atom stereocenters. The molecule has 1 aromatic rings. The van der Waals surface area contributed by atoms with E-state index in [1.54, 1.807) is 17.0 Å². The summed E-state index contributed by atoms with van der Waals surface area (Å²) in [5.41, 5.74) is -0.171. The van der Waals surface area contributed by atoms with Gasteiger partial charge in [0.2, 0.25) is 0 Å². The van der Waals surface area contributed by atoms with E-state index < -0.39 is 5.97 Å². The number of carbonyl (C=O) groups is 1. The number of anilines is 1. The fraction of sp³-hybridized carbons (Fsp3) is 0.500. The van der Waals surface area contributed by atoms with E-state index in [0.29, 0.717) is 6.04 Å². The lowest BCUT2D eigenvalue weighted by molar-refractivity contribution is -0.136. The normalized spacial score (nSPS) is 14.8. The second-order valence-corrected chi connectivity index (χ2v) is 3.79. The van der Waals surface area contributed by atoms with Gasteiger partial charge in [0.25, 0.3) is 5.56 Å². The molecule has 2 N–H and O–H groups in total. The number of rotatable bonds is 5. The minimum absolute atomic E-state index is 0.0283. The van der Waals surface area contributed by atoms with Crippen molar-refractivity contribution < 1.29 is 9.90 Å². The molecule has 86 valence electrons. The summed E-state index contributed by atoms with van der Waals surface area (Å²) in [5, 5.41) is 11.2. The molecule has 1 fully saturated rings. The molecule has 0 amide bonds. The van der Waals surface area contributed by atoms with Crippen LogP contribution in [-0.2, 0) is 4.79 Å². The Morgan fingerprint density at radius 2 is 2.38 bits per heavy atom. The van der Waals surface area contributed by atoms with E-state index in [1.807, 2.05) is 0 Å². The van der Waals surface area contributed by atoms with Crippen LogP contribution < -0.4 is 10.9 Å². The Morgan fingerprint density at radius 3 is 3.00 bits per heavy atom. The van der Waals surface area contributed by atoms with Crippen molar-refractivity contribution in [2.45, 2.75) is 25.3 Å². The molecular weight excluding hydrogens is 210 g/mol. The molecule has 1 aliphatic carbocycles. The lowest BCUT2D eigenvalue weighted by Gasteiger charge is -2.06. The Labute approximate surface area is 91.9 Å². The summed E-state index contributed by atoms with van der Waals surface area (Å²) in [6.45, 7) is 0.215. The molecule has 0 saturated heterocycles. The zero-order chi connectivity index (χ0) is 11.5. The maximum absolute atomic E-state index is 11.8. The molecular formula is C10H13N3O3. The largest absolute Gasteiger partial charge is 0.481 e. The first-order valence-electron chi connectivity index (χ1n) is 5.21. The van der Waals surface area contributed by atoms with Gasteiger partial charge in [-0.25, -0.2) is 4.98 Å². The molecule has 0 aromatic carbocycles. The number of nitrogens with one attached hydrogen (secondary N) is 1. The van der Waals surface area contributed by atoms with Gasteiger partial charge in [-0.2, -0.15) is 0 Å². The minimum atomic E-state index is -0.897. The summed E-state index contributed by atoms with van der Waals surface area (Å²) in [6.07, 6.45) is 5.25. The summed E-state index contributed by atoms with van der Waals surface area (Å²) < 4.78 is 1.65. The van der Waals surface area contributed by atoms with Crippen molar-refractivity contribution in [2.24, 2.45) is 0 Å². The van der Waals surface area contributed by atoms with Crippen molar-refractivity contribution in [3.63, 3.8) is 0 Å². The molecule has 0 bridgehead atoms. The summed E-state index contributed by atoms with van der Waals surface area (Å²) in [6, 6.07) is 0.301. The zero-order valence-corrected chi connectivity index (χ0v) is 8.72. The average Bonchev–Trinajstić information content (AvgIpc) is 3.04. The number of nitrogens with zero attached hydrogens (tertiary/aromatic N) is 2. The van der Waals surface area contributed by atoms with Gasteiger partial charge >= 0.3 is 5.97 Å². The number of hydrogen-bond donors (Lipinski definition) is 2. The standard InChI is InChI=1S/C10H13N3O3/c14-8(15)3-4-11-9-10(16)13(6-5-12-9)7-1-2-7/h5-7H,1-4H2,(H,11,12)(H,14,15). The van der Waals surface area contributed by atoms with Crippen LogP contribution in [-0.4, -0.2) is 27.2 Å². The Balaban J connectivity index is 2.06. The van der Waals surface area contributed by atoms with Crippen molar-refractivity contribution in [1.29, 1.82) is 0 Å². The van der Waals surface area contributed by atoms with Crippen LogP contribution in [0.4, 0.5) is 5.82 Å². The first-order valence-corrected chi connectivity index (χ1v) is 5.21. The summed E-state index contributed by atoms with van der Waals surface area (Å²) in [7, 11) is 0. The van der Waals surface area contributed by atoms with Crippen LogP contribution in [0.1, 0.15) is 25.3 Å². The van der Waals surface area contributed by atoms with Crippen molar-refractivity contribution in [2.75, 3.05) is 11.9 Å². The predicted octanol–water partition coefficient (Wildman–Crippen LogP) is 0.465. The van der Waals surface area contributed by atoms with E-state index in [-0.39, 0.29) is 24.3 Å². The van der Waals surface area contributed by atoms with Gasteiger partial charge in [-0.1, -0.05) is 0 Å². The van der Waals surface area contributed by atoms with Gasteiger partial charge in [0.1, 0.15) is 0 Å². The molecule has 1 saturated carbocycles. The highest BCUT2D eigenvalue weighted by Gasteiger charge is 2.25. The summed E-state index contributed by atoms with van der Waals surface area (Å²) in [5.74, 6) is -0.665. The maximum Gasteiger partial charge on any atom is 0.305 e. The summed E-state index contributed by atoms with van der Waals surface area (Å²) in [4.78, 5) is 26.0. The predicted molar refractivity (Wildman–Crippen MR) is 57.5 cm³/mol. The number of aromatic nitrogens is 2. The van der Waals surface area contributed by atoms with E-state index in [0.717, 1.165) is 12.8 Å². The fourth-order valence-corrected chi connectivity index (χ4v) is 1.47. The van der Waals surface area contributed by atoms with Crippen LogP contribution in [0.3, 0.4) is 0 Å². The second kappa shape index (κ2) is 4.34. The topological polar surface area (TPSA) is 84.2 Å². The highest BCUT2D eigenvalue weighted by Crippen LogP contribution is 2.33. The van der Waals surface area contributed by atoms with Gasteiger partial charge in [-0.15, -0.1) is 0 Å². The molecule has 2 rings (SSSR count). The van der Waals surface area contributed by atoms with Gasteiger partial charge in [0, 0.05) is 25.0 Å². The molecule has 6 nitrogen and oxygen atoms in total. The van der Waals surface area contributed by atoms with Crippen LogP contribution >= 0.6 is 0 Å². The van der Waals surface area contributed by atoms with Crippen LogP contribution in [0, 0.1) is 0 Å². The quantitative estimate of drug-likeness (QED) is 0.757. The number of carboxylic acid groups (broad SMARTS) is 1. The molecule has 0 aliphatic heterocycles. The molecule has 1 aromatic heterocycles. The molecule has 6 heteroatoms. The van der Waals surface area contributed by atoms with Gasteiger partial charge < -0.3 is 15.0 Å². The van der Waals surface area contributed by atoms with E-state index in [4.69, 9.17) is 5.11 Å². The molecule has 0 radical (unpaired) electrons. The van der Waals surface area contributed by atoms with Crippen molar-refractivity contribution in [1.82, 2.24) is 9.55 Å². The second-order valence-electron chi connectivity index (χ2n) is 3.79. The third kappa shape index (κ3) is 2.39. The lowest BCUT2D eigenvalue weighted by atomic mass is 10.4. The van der Waals surface area contributed by atoms with E-state index in [2.05, 4.69) is 10.3 Å². The molecule has 1 aliphatic rings. The van der Waals surface area contributed by atoms with Gasteiger partial charge in [-0.05, 0) is 12.8 Å². The van der Waals surface area contributed by atoms with Crippen molar-refractivity contribution in [3.8, 4) is 0 Å². The lowest BCUT2D eigenvalue weighted by Crippen LogP contribution is -2.24. The van der Waals surface area contributed by atoms with Gasteiger partial charge in [0.05, 0.1) is 6.42 Å². The third-order valence-electron chi connectivity index (χ3n) is 2.44. The highest BCUT2D eigenvalue weighted by atomic mass is 16.4. The van der Waals surface area contributed by atoms with Crippen molar-refractivity contribution >= 4 is 11.8 Å². The molecule has 0 unspecified atom stereocenters. The third-order valence-corrected chi connectivity index (χ3v) is 2.44. The SMILES string of the molecule is O=C(O)CCNc1nccn(C2CC2)c1=O. The number of carboxylic acids is 1. The van der Waals surface area contributed by atoms with E-state index in [9.17, 15) is 9.59 Å². The van der Waals surface area contributed by atoms with Gasteiger partial charge in [0.15, 0.2) is 5.82 Å². The first kappa shape index (κ1) is 10.7. The number of aliphatic carboxylic acids is 1. The first-order chi connectivity index (χ1) is 7.68. The van der Waals surface area contributed by atoms with Gasteiger partial charge in [-0.3, -0.25) is 9.59 Å². The Kier molecular flexibility index (Phi) is 2.89. The molecule has 16 heavy (non-hydrogen) atoms. The smallest absolute Gasteiger partial charge is 0.305 e. The molecule has 0 spiro atoms. The van der Waals surface area contributed by atoms with Crippen molar-refractivity contribution in [3.05, 3.63) is 22.7 Å². The Bertz CT molecular complexity index is 451. The maximum atomic E-state index is 11.8.